The van der Waals surface area contributed by atoms with Crippen LogP contribution in [0.2, 0.25) is 0 Å². The number of hydrogen-bond donors (Lipinski definition) is 0. The Kier molecular flexibility index (Phi) is 4.21. The number of aryl methyl sites for hydroxylation is 1. The van der Waals surface area contributed by atoms with Crippen LogP contribution in [0.25, 0.3) is 11.0 Å². The summed E-state index contributed by atoms with van der Waals surface area (Å²) in [6.45, 7) is 4.74. The lowest BCUT2D eigenvalue weighted by molar-refractivity contribution is -0.134. The van der Waals surface area contributed by atoms with E-state index in [-0.39, 0.29) is 12.5 Å². The first-order valence-corrected chi connectivity index (χ1v) is 8.74. The van der Waals surface area contributed by atoms with Crippen LogP contribution in [0.3, 0.4) is 0 Å². The van der Waals surface area contributed by atoms with E-state index in [9.17, 15) is 4.79 Å². The van der Waals surface area contributed by atoms with Crippen LogP contribution >= 0.6 is 0 Å². The van der Waals surface area contributed by atoms with Crippen LogP contribution in [0.15, 0.2) is 36.7 Å². The third-order valence-corrected chi connectivity index (χ3v) is 4.85. The molecule has 3 heterocycles. The molecule has 0 aliphatic carbocycles. The van der Waals surface area contributed by atoms with Crippen molar-refractivity contribution in [3.05, 3.63) is 42.5 Å². The second kappa shape index (κ2) is 6.66. The maximum Gasteiger partial charge on any atom is 0.246 e. The van der Waals surface area contributed by atoms with E-state index in [0.717, 1.165) is 49.3 Å². The zero-order valence-corrected chi connectivity index (χ0v) is 14.4. The highest BCUT2D eigenvalue weighted by Crippen LogP contribution is 2.19. The molecule has 0 unspecified atom stereocenters. The van der Waals surface area contributed by atoms with Crippen molar-refractivity contribution in [1.29, 1.82) is 0 Å². The summed E-state index contributed by atoms with van der Waals surface area (Å²) in [6, 6.07) is 7.67. The molecule has 0 N–H and O–H groups in total. The number of amides is 1. The molecule has 0 saturated carbocycles. The minimum absolute atomic E-state index is 0.0901. The van der Waals surface area contributed by atoms with E-state index in [0.29, 0.717) is 5.92 Å². The van der Waals surface area contributed by atoms with Gasteiger partial charge < -0.3 is 9.47 Å². The standard InChI is InChI=1S/C18H22N6O/c1-14-19-8-10-22(14)11-15-5-4-9-23(12-15)18(25)13-24-20-16-6-2-3-7-17(16)21-24/h2-3,6-8,10,15H,4-5,9,11-13H2,1H3/t15-/m0/s1. The van der Waals surface area contributed by atoms with E-state index < -0.39 is 0 Å². The maximum atomic E-state index is 12.7. The summed E-state index contributed by atoms with van der Waals surface area (Å²) in [7, 11) is 0. The number of rotatable bonds is 4. The van der Waals surface area contributed by atoms with Gasteiger partial charge in [0, 0.05) is 32.0 Å². The second-order valence-electron chi connectivity index (χ2n) is 6.69. The minimum atomic E-state index is 0.0901. The number of fused-ring (bicyclic) bond motifs is 1. The van der Waals surface area contributed by atoms with Gasteiger partial charge in [-0.2, -0.15) is 15.0 Å². The molecule has 7 heteroatoms. The van der Waals surface area contributed by atoms with Gasteiger partial charge in [-0.25, -0.2) is 4.98 Å². The number of carbonyl (C=O) groups is 1. The van der Waals surface area contributed by atoms with Gasteiger partial charge in [0.1, 0.15) is 23.4 Å². The number of hydrogen-bond acceptors (Lipinski definition) is 4. The number of piperidine rings is 1. The Hall–Kier alpha value is -2.70. The van der Waals surface area contributed by atoms with Crippen LogP contribution in [0, 0.1) is 12.8 Å². The topological polar surface area (TPSA) is 68.8 Å². The summed E-state index contributed by atoms with van der Waals surface area (Å²) < 4.78 is 2.17. The Morgan fingerprint density at radius 2 is 2.00 bits per heavy atom. The molecule has 1 saturated heterocycles. The molecule has 25 heavy (non-hydrogen) atoms. The van der Waals surface area contributed by atoms with Gasteiger partial charge in [-0.1, -0.05) is 12.1 Å². The molecule has 1 amide bonds. The number of carbonyl (C=O) groups excluding carboxylic acids is 1. The largest absolute Gasteiger partial charge is 0.341 e. The average Bonchev–Trinajstić information content (AvgIpc) is 3.21. The van der Waals surface area contributed by atoms with Crippen molar-refractivity contribution in [3.63, 3.8) is 0 Å². The zero-order valence-electron chi connectivity index (χ0n) is 14.4. The average molecular weight is 338 g/mol. The SMILES string of the molecule is Cc1nccn1C[C@@H]1CCCN(C(=O)Cn2nc3ccccc3n2)C1. The molecule has 0 bridgehead atoms. The van der Waals surface area contributed by atoms with E-state index in [1.807, 2.05) is 48.5 Å². The highest BCUT2D eigenvalue weighted by molar-refractivity contribution is 5.77. The van der Waals surface area contributed by atoms with Crippen LogP contribution in [0.1, 0.15) is 18.7 Å². The van der Waals surface area contributed by atoms with Crippen molar-refractivity contribution in [3.8, 4) is 0 Å². The molecule has 1 fully saturated rings. The van der Waals surface area contributed by atoms with Crippen LogP contribution in [0.4, 0.5) is 0 Å². The van der Waals surface area contributed by atoms with Gasteiger partial charge >= 0.3 is 0 Å². The maximum absolute atomic E-state index is 12.7. The Labute approximate surface area is 146 Å². The van der Waals surface area contributed by atoms with Crippen LogP contribution in [-0.4, -0.2) is 48.4 Å². The Bertz CT molecular complexity index is 849. The first kappa shape index (κ1) is 15.8. The number of nitrogens with zero attached hydrogens (tertiary/aromatic N) is 6. The molecule has 1 aliphatic heterocycles. The molecule has 3 aromatic rings. The molecular weight excluding hydrogens is 316 g/mol. The first-order valence-electron chi connectivity index (χ1n) is 8.74. The lowest BCUT2D eigenvalue weighted by atomic mass is 9.98. The zero-order chi connectivity index (χ0) is 17.2. The number of benzene rings is 1. The van der Waals surface area contributed by atoms with E-state index in [1.54, 1.807) is 0 Å². The lowest BCUT2D eigenvalue weighted by Gasteiger charge is -2.33. The summed E-state index contributed by atoms with van der Waals surface area (Å²) in [5.74, 6) is 1.58. The fraction of sp³-hybridized carbons (Fsp3) is 0.444. The lowest BCUT2D eigenvalue weighted by Crippen LogP contribution is -2.42. The van der Waals surface area contributed by atoms with Gasteiger partial charge in [0.25, 0.3) is 0 Å². The second-order valence-corrected chi connectivity index (χ2v) is 6.69. The van der Waals surface area contributed by atoms with Crippen molar-refractivity contribution in [1.82, 2.24) is 29.4 Å². The smallest absolute Gasteiger partial charge is 0.246 e. The van der Waals surface area contributed by atoms with Gasteiger partial charge in [0.05, 0.1) is 0 Å². The van der Waals surface area contributed by atoms with Gasteiger partial charge in [-0.05, 0) is 37.8 Å². The van der Waals surface area contributed by atoms with Crippen LogP contribution in [-0.2, 0) is 17.9 Å². The quantitative estimate of drug-likeness (QED) is 0.728. The van der Waals surface area contributed by atoms with Gasteiger partial charge in [0.15, 0.2) is 0 Å². The Balaban J connectivity index is 1.40. The Morgan fingerprint density at radius 1 is 1.24 bits per heavy atom. The van der Waals surface area contributed by atoms with Crippen LogP contribution < -0.4 is 0 Å². The molecule has 1 atom stereocenters. The molecule has 1 aliphatic rings. The van der Waals surface area contributed by atoms with Gasteiger partial charge in [-0.15, -0.1) is 0 Å². The molecular formula is C18H22N6O. The fourth-order valence-electron chi connectivity index (χ4n) is 3.51. The molecule has 4 rings (SSSR count). The normalized spacial score (nSPS) is 18.0. The summed E-state index contributed by atoms with van der Waals surface area (Å²) in [5.41, 5.74) is 1.64. The summed E-state index contributed by atoms with van der Waals surface area (Å²) in [5, 5.41) is 8.77. The van der Waals surface area contributed by atoms with Crippen molar-refractivity contribution < 1.29 is 4.79 Å². The van der Waals surface area contributed by atoms with E-state index in [4.69, 9.17) is 0 Å². The third-order valence-electron chi connectivity index (χ3n) is 4.85. The van der Waals surface area contributed by atoms with E-state index in [2.05, 4.69) is 19.7 Å². The van der Waals surface area contributed by atoms with Crippen molar-refractivity contribution >= 4 is 16.9 Å². The number of imidazole rings is 1. The van der Waals surface area contributed by atoms with Crippen molar-refractivity contribution in [2.75, 3.05) is 13.1 Å². The van der Waals surface area contributed by atoms with E-state index >= 15 is 0 Å². The predicted molar refractivity (Wildman–Crippen MR) is 93.8 cm³/mol. The van der Waals surface area contributed by atoms with Crippen molar-refractivity contribution in [2.24, 2.45) is 5.92 Å². The van der Waals surface area contributed by atoms with Gasteiger partial charge in [0.2, 0.25) is 5.91 Å². The number of likely N-dealkylation sites (tertiary alicyclic amines) is 1. The van der Waals surface area contributed by atoms with Gasteiger partial charge in [-0.3, -0.25) is 4.79 Å². The first-order chi connectivity index (χ1) is 12.2. The molecule has 130 valence electrons. The molecule has 0 spiro atoms. The summed E-state index contributed by atoms with van der Waals surface area (Å²) >= 11 is 0. The van der Waals surface area contributed by atoms with E-state index in [1.165, 1.54) is 4.80 Å². The Morgan fingerprint density at radius 3 is 2.68 bits per heavy atom. The molecule has 0 radical (unpaired) electrons. The minimum Gasteiger partial charge on any atom is -0.341 e. The fourth-order valence-corrected chi connectivity index (χ4v) is 3.51. The predicted octanol–water partition coefficient (Wildman–Crippen LogP) is 1.88. The summed E-state index contributed by atoms with van der Waals surface area (Å²) in [4.78, 5) is 20.4. The van der Waals surface area contributed by atoms with Crippen LogP contribution in [0.5, 0.6) is 0 Å². The highest BCUT2D eigenvalue weighted by Gasteiger charge is 2.24. The molecule has 2 aromatic heterocycles. The highest BCUT2D eigenvalue weighted by atomic mass is 16.2. The molecule has 1 aromatic carbocycles. The number of aromatic nitrogens is 5. The monoisotopic (exact) mass is 338 g/mol. The third kappa shape index (κ3) is 3.40. The molecule has 7 nitrogen and oxygen atoms in total. The van der Waals surface area contributed by atoms with Crippen molar-refractivity contribution in [2.45, 2.75) is 32.9 Å². The summed E-state index contributed by atoms with van der Waals surface area (Å²) in [6.07, 6.45) is 6.02.